The number of para-hydroxylation sites is 1. The van der Waals surface area contributed by atoms with Gasteiger partial charge in [-0.05, 0) is 75.8 Å². The summed E-state index contributed by atoms with van der Waals surface area (Å²) in [7, 11) is 4.41. The number of carbonyl (C=O) groups excluding carboxylic acids is 4. The second kappa shape index (κ2) is 15.4. The number of likely N-dealkylation sites (N-methyl/N-ethyl adjacent to an activating group) is 1. The average molecular weight is 637 g/mol. The van der Waals surface area contributed by atoms with Crippen molar-refractivity contribution in [1.29, 1.82) is 0 Å². The smallest absolute Gasteiger partial charge is 0.420 e. The molecule has 0 aliphatic rings. The summed E-state index contributed by atoms with van der Waals surface area (Å²) in [5.74, 6) is -0.233. The van der Waals surface area contributed by atoms with Gasteiger partial charge in [-0.2, -0.15) is 0 Å². The summed E-state index contributed by atoms with van der Waals surface area (Å²) >= 11 is 0. The molecule has 0 saturated heterocycles. The van der Waals surface area contributed by atoms with Crippen molar-refractivity contribution in [2.45, 2.75) is 72.1 Å². The highest BCUT2D eigenvalue weighted by Gasteiger charge is 2.26. The summed E-state index contributed by atoms with van der Waals surface area (Å²) in [6, 6.07) is 7.59. The maximum absolute atomic E-state index is 13.6. The first-order valence-corrected chi connectivity index (χ1v) is 15.1. The number of imidazole rings is 1. The molecule has 13 nitrogen and oxygen atoms in total. The van der Waals surface area contributed by atoms with E-state index in [0.717, 1.165) is 12.0 Å². The Bertz CT molecular complexity index is 1660. The Hall–Kier alpha value is -4.94. The van der Waals surface area contributed by atoms with Crippen molar-refractivity contribution in [3.05, 3.63) is 70.4 Å². The summed E-state index contributed by atoms with van der Waals surface area (Å²) in [6.45, 7) is 9.41. The van der Waals surface area contributed by atoms with Crippen molar-refractivity contribution in [3.8, 4) is 0 Å². The number of ether oxygens (including phenoxy) is 2. The largest absolute Gasteiger partial charge is 0.453 e. The highest BCUT2D eigenvalue weighted by atomic mass is 16.6. The van der Waals surface area contributed by atoms with Gasteiger partial charge < -0.3 is 29.6 Å². The molecule has 2 heterocycles. The zero-order valence-corrected chi connectivity index (χ0v) is 27.7. The number of carbonyl (C=O) groups is 4. The number of methoxy groups -OCH3 is 1. The quantitative estimate of drug-likeness (QED) is 0.295. The van der Waals surface area contributed by atoms with Gasteiger partial charge in [0, 0.05) is 20.3 Å². The minimum absolute atomic E-state index is 0.0390. The monoisotopic (exact) mass is 636 g/mol. The Kier molecular flexibility index (Phi) is 11.9. The molecule has 2 N–H and O–H groups in total. The van der Waals surface area contributed by atoms with Gasteiger partial charge in [-0.3, -0.25) is 14.4 Å². The predicted octanol–water partition coefficient (Wildman–Crippen LogP) is 4.32. The summed E-state index contributed by atoms with van der Waals surface area (Å²) in [6.07, 6.45) is 4.23. The molecule has 0 spiro atoms. The highest BCUT2D eigenvalue weighted by Crippen LogP contribution is 2.24. The Labute approximate surface area is 268 Å². The Morgan fingerprint density at radius 1 is 1.09 bits per heavy atom. The van der Waals surface area contributed by atoms with E-state index < -0.39 is 35.3 Å². The number of hydrogen-bond acceptors (Lipinski definition) is 8. The van der Waals surface area contributed by atoms with Gasteiger partial charge in [-0.15, -0.1) is 0 Å². The van der Waals surface area contributed by atoms with Crippen LogP contribution in [0.25, 0.3) is 11.0 Å². The summed E-state index contributed by atoms with van der Waals surface area (Å²) < 4.78 is 13.1. The first-order chi connectivity index (χ1) is 21.6. The van der Waals surface area contributed by atoms with E-state index in [0.29, 0.717) is 23.4 Å². The number of amides is 3. The lowest BCUT2D eigenvalue weighted by molar-refractivity contribution is -0.123. The van der Waals surface area contributed by atoms with Crippen LogP contribution in [-0.4, -0.2) is 75.9 Å². The first kappa shape index (κ1) is 35.5. The van der Waals surface area contributed by atoms with Crippen molar-refractivity contribution in [3.63, 3.8) is 0 Å². The van der Waals surface area contributed by atoms with Crippen molar-refractivity contribution >= 4 is 40.7 Å². The molecule has 2 aromatic heterocycles. The fraction of sp³-hybridized carbons (Fsp3) is 0.455. The molecule has 3 amide bonds. The number of fused-ring (bicyclic) bond motifs is 1. The SMILES string of the molecule is COC(=O)N[C@@H](CC/C=C/C(=O)N(C)C)C(=O)Nc1cccn(Cc2nc3c(CC(C)C)cccc3n2C(=O)OC(C)(C)C)c1=O. The Morgan fingerprint density at radius 2 is 1.80 bits per heavy atom. The lowest BCUT2D eigenvalue weighted by atomic mass is 10.0. The van der Waals surface area contributed by atoms with Gasteiger partial charge in [-0.25, -0.2) is 19.1 Å². The lowest BCUT2D eigenvalue weighted by Gasteiger charge is -2.20. The molecule has 0 aliphatic carbocycles. The molecule has 0 unspecified atom stereocenters. The van der Waals surface area contributed by atoms with E-state index in [-0.39, 0.29) is 30.4 Å². The maximum atomic E-state index is 13.6. The third-order valence-electron chi connectivity index (χ3n) is 6.75. The fourth-order valence-corrected chi connectivity index (χ4v) is 4.62. The normalized spacial score (nSPS) is 12.3. The van der Waals surface area contributed by atoms with Gasteiger partial charge in [0.25, 0.3) is 5.56 Å². The van der Waals surface area contributed by atoms with Crippen LogP contribution in [0.3, 0.4) is 0 Å². The first-order valence-electron chi connectivity index (χ1n) is 15.1. The van der Waals surface area contributed by atoms with Crippen LogP contribution in [0.15, 0.2) is 53.5 Å². The summed E-state index contributed by atoms with van der Waals surface area (Å²) in [5.41, 5.74) is 0.825. The van der Waals surface area contributed by atoms with Crippen LogP contribution in [0.4, 0.5) is 15.3 Å². The van der Waals surface area contributed by atoms with Crippen LogP contribution in [-0.2, 0) is 32.0 Å². The number of hydrogen-bond donors (Lipinski definition) is 2. The second-order valence-corrected chi connectivity index (χ2v) is 12.5. The number of aromatic nitrogens is 3. The molecule has 248 valence electrons. The number of anilines is 1. The van der Waals surface area contributed by atoms with E-state index >= 15 is 0 Å². The van der Waals surface area contributed by atoms with Crippen LogP contribution >= 0.6 is 0 Å². The minimum atomic E-state index is -1.06. The minimum Gasteiger partial charge on any atom is -0.453 e. The highest BCUT2D eigenvalue weighted by molar-refractivity contribution is 5.96. The Balaban J connectivity index is 1.94. The second-order valence-electron chi connectivity index (χ2n) is 12.5. The number of benzene rings is 1. The van der Waals surface area contributed by atoms with Crippen LogP contribution in [0.1, 0.15) is 58.8 Å². The topological polar surface area (TPSA) is 154 Å². The van der Waals surface area contributed by atoms with E-state index in [1.165, 1.54) is 39.5 Å². The van der Waals surface area contributed by atoms with Gasteiger partial charge in [0.15, 0.2) is 0 Å². The molecule has 0 fully saturated rings. The van der Waals surface area contributed by atoms with Crippen LogP contribution in [0, 0.1) is 5.92 Å². The van der Waals surface area contributed by atoms with Crippen molar-refractivity contribution < 1.29 is 28.7 Å². The zero-order valence-electron chi connectivity index (χ0n) is 27.7. The number of alkyl carbamates (subject to hydrolysis) is 1. The molecular formula is C33H44N6O7. The molecule has 1 aromatic carbocycles. The number of nitrogens with zero attached hydrogens (tertiary/aromatic N) is 4. The van der Waals surface area contributed by atoms with Gasteiger partial charge in [0.05, 0.1) is 24.7 Å². The molecule has 13 heteroatoms. The summed E-state index contributed by atoms with van der Waals surface area (Å²) in [5, 5.41) is 5.07. The molecule has 0 bridgehead atoms. The van der Waals surface area contributed by atoms with Crippen LogP contribution < -0.4 is 16.2 Å². The molecule has 3 aromatic rings. The number of pyridine rings is 1. The van der Waals surface area contributed by atoms with Gasteiger partial charge >= 0.3 is 12.2 Å². The van der Waals surface area contributed by atoms with E-state index in [4.69, 9.17) is 9.72 Å². The number of allylic oxidation sites excluding steroid dienone is 1. The molecule has 46 heavy (non-hydrogen) atoms. The van der Waals surface area contributed by atoms with Crippen molar-refractivity contribution in [2.75, 3.05) is 26.5 Å². The lowest BCUT2D eigenvalue weighted by Crippen LogP contribution is -2.44. The molecule has 0 radical (unpaired) electrons. The van der Waals surface area contributed by atoms with E-state index in [9.17, 15) is 24.0 Å². The van der Waals surface area contributed by atoms with Crippen LogP contribution in [0.5, 0.6) is 0 Å². The van der Waals surface area contributed by atoms with Gasteiger partial charge in [0.1, 0.15) is 23.2 Å². The third-order valence-corrected chi connectivity index (χ3v) is 6.75. The zero-order chi connectivity index (χ0) is 34.2. The van der Waals surface area contributed by atoms with Gasteiger partial charge in [-0.1, -0.05) is 32.1 Å². The number of rotatable bonds is 11. The van der Waals surface area contributed by atoms with Gasteiger partial charge in [0.2, 0.25) is 11.8 Å². The fourth-order valence-electron chi connectivity index (χ4n) is 4.62. The maximum Gasteiger partial charge on any atom is 0.420 e. The molecular weight excluding hydrogens is 592 g/mol. The molecule has 0 saturated carbocycles. The predicted molar refractivity (Wildman–Crippen MR) is 175 cm³/mol. The Morgan fingerprint density at radius 3 is 2.43 bits per heavy atom. The van der Waals surface area contributed by atoms with E-state index in [2.05, 4.69) is 29.2 Å². The van der Waals surface area contributed by atoms with Crippen molar-refractivity contribution in [2.24, 2.45) is 5.92 Å². The van der Waals surface area contributed by atoms with E-state index in [1.54, 1.807) is 53.1 Å². The van der Waals surface area contributed by atoms with E-state index in [1.807, 2.05) is 12.1 Å². The third kappa shape index (κ3) is 9.53. The molecule has 3 rings (SSSR count). The van der Waals surface area contributed by atoms with Crippen LogP contribution in [0.2, 0.25) is 0 Å². The summed E-state index contributed by atoms with van der Waals surface area (Å²) in [4.78, 5) is 70.2. The average Bonchev–Trinajstić information content (AvgIpc) is 3.34. The standard InChI is InChI=1S/C33H44N6O7/c1-21(2)19-22-13-11-16-25-28(22)36-26(39(25)32(44)46-33(3,4)5)20-38-18-12-15-24(30(38)42)34-29(41)23(35-31(43)45-8)14-9-10-17-27(40)37(6)7/h10-13,15-18,21,23H,9,14,19-20H2,1-8H3,(H,34,41)(H,35,43)/b17-10+/t23-/m0/s1. The molecule has 0 aliphatic heterocycles. The number of nitrogens with one attached hydrogen (secondary N) is 2. The van der Waals surface area contributed by atoms with Crippen molar-refractivity contribution in [1.82, 2.24) is 24.3 Å². The molecule has 1 atom stereocenters.